The minimum Gasteiger partial charge on any atom is -0.453 e. The van der Waals surface area contributed by atoms with E-state index in [2.05, 4.69) is 5.32 Å². The molecule has 2 aromatic rings. The highest BCUT2D eigenvalue weighted by atomic mass is 32.2. The van der Waals surface area contributed by atoms with E-state index in [1.165, 1.54) is 18.2 Å². The second kappa shape index (κ2) is 9.70. The quantitative estimate of drug-likeness (QED) is 0.489. The Morgan fingerprint density at radius 1 is 1.03 bits per heavy atom. The third-order valence-corrected chi connectivity index (χ3v) is 8.50. The summed E-state index contributed by atoms with van der Waals surface area (Å²) >= 11 is 0. The molecular formula is C24H22F6N2O6S. The monoisotopic (exact) mass is 580 g/mol. The van der Waals surface area contributed by atoms with Crippen LogP contribution in [0.2, 0.25) is 0 Å². The molecule has 2 aliphatic rings. The van der Waals surface area contributed by atoms with Gasteiger partial charge in [0.25, 0.3) is 11.5 Å². The van der Waals surface area contributed by atoms with Crippen LogP contribution in [0.25, 0.3) is 0 Å². The number of carbonyl (C=O) groups excluding carboxylic acids is 2. The fourth-order valence-electron chi connectivity index (χ4n) is 4.38. The minimum atomic E-state index is -6.07. The second-order valence-electron chi connectivity index (χ2n) is 9.36. The molecule has 39 heavy (non-hydrogen) atoms. The molecule has 1 aliphatic carbocycles. The van der Waals surface area contributed by atoms with Crippen LogP contribution >= 0.6 is 0 Å². The van der Waals surface area contributed by atoms with E-state index in [4.69, 9.17) is 4.74 Å². The van der Waals surface area contributed by atoms with Gasteiger partial charge in [0.2, 0.25) is 0 Å². The number of anilines is 1. The average molecular weight is 581 g/mol. The van der Waals surface area contributed by atoms with Gasteiger partial charge in [0.15, 0.2) is 9.84 Å². The van der Waals surface area contributed by atoms with Gasteiger partial charge in [-0.05, 0) is 54.2 Å². The summed E-state index contributed by atoms with van der Waals surface area (Å²) in [7, 11) is -2.54. The van der Waals surface area contributed by atoms with Crippen molar-refractivity contribution in [2.75, 3.05) is 18.2 Å². The normalized spacial score (nSPS) is 18.1. The first-order valence-electron chi connectivity index (χ1n) is 11.5. The molecule has 2 amide bonds. The number of carbonyl (C=O) groups is 2. The van der Waals surface area contributed by atoms with E-state index in [0.29, 0.717) is 17.7 Å². The summed E-state index contributed by atoms with van der Waals surface area (Å²) in [5, 5.41) is 11.8. The molecule has 1 unspecified atom stereocenters. The number of hydrogen-bond donors (Lipinski definition) is 2. The minimum absolute atomic E-state index is 0.0236. The van der Waals surface area contributed by atoms with Crippen LogP contribution in [-0.2, 0) is 31.5 Å². The number of nitrogens with one attached hydrogen (secondary N) is 1. The Morgan fingerprint density at radius 3 is 2.13 bits per heavy atom. The number of methoxy groups -OCH3 is 1. The Balaban J connectivity index is 1.61. The van der Waals surface area contributed by atoms with Crippen LogP contribution in [0, 0.1) is 5.92 Å². The van der Waals surface area contributed by atoms with Crippen molar-refractivity contribution in [1.29, 1.82) is 0 Å². The van der Waals surface area contributed by atoms with Gasteiger partial charge >= 0.3 is 18.4 Å². The maximum absolute atomic E-state index is 13.2. The molecule has 0 bridgehead atoms. The Morgan fingerprint density at radius 2 is 1.62 bits per heavy atom. The van der Waals surface area contributed by atoms with Gasteiger partial charge in [-0.2, -0.15) is 26.3 Å². The number of halogens is 6. The lowest BCUT2D eigenvalue weighted by Crippen LogP contribution is -2.53. The van der Waals surface area contributed by atoms with Crippen LogP contribution in [0.4, 0.5) is 36.8 Å². The third-order valence-electron chi connectivity index (χ3n) is 6.62. The zero-order valence-electron chi connectivity index (χ0n) is 20.1. The summed E-state index contributed by atoms with van der Waals surface area (Å²) in [5.41, 5.74) is -6.25. The highest BCUT2D eigenvalue weighted by molar-refractivity contribution is 7.91. The summed E-state index contributed by atoms with van der Waals surface area (Å²) in [6, 6.07) is 4.92. The van der Waals surface area contributed by atoms with Crippen molar-refractivity contribution in [3.8, 4) is 0 Å². The van der Waals surface area contributed by atoms with E-state index in [0.717, 1.165) is 37.0 Å². The van der Waals surface area contributed by atoms with Gasteiger partial charge in [-0.1, -0.05) is 18.2 Å². The van der Waals surface area contributed by atoms with Crippen molar-refractivity contribution >= 4 is 27.5 Å². The van der Waals surface area contributed by atoms with E-state index < -0.39 is 51.4 Å². The predicted molar refractivity (Wildman–Crippen MR) is 123 cm³/mol. The van der Waals surface area contributed by atoms with Gasteiger partial charge in [-0.15, -0.1) is 0 Å². The van der Waals surface area contributed by atoms with Crippen LogP contribution in [-0.4, -0.2) is 55.6 Å². The van der Waals surface area contributed by atoms with Gasteiger partial charge in [-0.3, -0.25) is 9.69 Å². The molecule has 4 rings (SSSR count). The van der Waals surface area contributed by atoms with Crippen molar-refractivity contribution in [2.45, 2.75) is 48.3 Å². The van der Waals surface area contributed by atoms with Crippen LogP contribution in [0.5, 0.6) is 0 Å². The fraction of sp³-hybridized carbons (Fsp3) is 0.417. The number of hydrogen-bond acceptors (Lipinski definition) is 6. The summed E-state index contributed by atoms with van der Waals surface area (Å²) in [4.78, 5) is 26.6. The van der Waals surface area contributed by atoms with Crippen LogP contribution < -0.4 is 5.32 Å². The molecule has 1 fully saturated rings. The number of ether oxygens (including phenoxy) is 1. The van der Waals surface area contributed by atoms with Crippen LogP contribution in [0.15, 0.2) is 47.4 Å². The van der Waals surface area contributed by atoms with Crippen LogP contribution in [0.1, 0.15) is 35.6 Å². The van der Waals surface area contributed by atoms with Gasteiger partial charge < -0.3 is 15.2 Å². The lowest BCUT2D eigenvalue weighted by atomic mass is 9.92. The lowest BCUT2D eigenvalue weighted by Gasteiger charge is -2.32. The van der Waals surface area contributed by atoms with Crippen molar-refractivity contribution in [3.05, 3.63) is 59.2 Å². The van der Waals surface area contributed by atoms with Gasteiger partial charge in [-0.25, -0.2) is 13.2 Å². The van der Waals surface area contributed by atoms with E-state index in [-0.39, 0.29) is 34.4 Å². The number of fused-ring (bicyclic) bond motifs is 1. The molecule has 1 heterocycles. The lowest BCUT2D eigenvalue weighted by molar-refractivity contribution is -0.376. The highest BCUT2D eigenvalue weighted by Gasteiger charge is 2.71. The SMILES string of the molecule is COC(=O)N1Cc2cc(S(=O)(=O)CC3CC3)ccc2C1C(=O)Nc1ccc(C(O)(C(F)(F)F)C(F)(F)F)cc1. The van der Waals surface area contributed by atoms with Crippen LogP contribution in [0.3, 0.4) is 0 Å². The first kappa shape index (κ1) is 28.7. The molecule has 2 aromatic carbocycles. The van der Waals surface area contributed by atoms with Crippen molar-refractivity contribution < 1.29 is 54.2 Å². The molecule has 1 aliphatic heterocycles. The molecule has 1 saturated carbocycles. The Labute approximate surface area is 218 Å². The number of benzene rings is 2. The average Bonchev–Trinajstić information content (AvgIpc) is 3.56. The standard InChI is InChI=1S/C24H22F6N2O6S/c1-38-21(34)32-11-14-10-17(39(36,37)12-13-2-3-13)8-9-18(14)19(32)20(33)31-16-6-4-15(5-7-16)22(35,23(25,26)27)24(28,29)30/h4-10,13,19,35H,2-3,11-12H2,1H3,(H,31,33). The molecule has 212 valence electrons. The van der Waals surface area contributed by atoms with Crippen molar-refractivity contribution in [1.82, 2.24) is 4.90 Å². The zero-order chi connectivity index (χ0) is 29.0. The molecule has 0 aromatic heterocycles. The largest absolute Gasteiger partial charge is 0.453 e. The van der Waals surface area contributed by atoms with E-state index in [9.17, 15) is 49.5 Å². The molecule has 8 nitrogen and oxygen atoms in total. The molecular weight excluding hydrogens is 558 g/mol. The van der Waals surface area contributed by atoms with Crippen molar-refractivity contribution in [2.24, 2.45) is 5.92 Å². The molecule has 0 spiro atoms. The molecule has 0 radical (unpaired) electrons. The Kier molecular flexibility index (Phi) is 7.13. The maximum Gasteiger partial charge on any atom is 0.430 e. The third kappa shape index (κ3) is 5.29. The van der Waals surface area contributed by atoms with Gasteiger partial charge in [0.05, 0.1) is 24.3 Å². The maximum atomic E-state index is 13.2. The number of amides is 2. The summed E-state index contributed by atoms with van der Waals surface area (Å²) in [6.45, 7) is -0.185. The summed E-state index contributed by atoms with van der Waals surface area (Å²) < 4.78 is 109. The van der Waals surface area contributed by atoms with E-state index >= 15 is 0 Å². The van der Waals surface area contributed by atoms with E-state index in [1.54, 1.807) is 0 Å². The Hall–Kier alpha value is -3.33. The number of sulfone groups is 1. The Bertz CT molecular complexity index is 1370. The number of alkyl halides is 6. The highest BCUT2D eigenvalue weighted by Crippen LogP contribution is 2.50. The van der Waals surface area contributed by atoms with Crippen molar-refractivity contribution in [3.63, 3.8) is 0 Å². The number of rotatable bonds is 6. The first-order valence-corrected chi connectivity index (χ1v) is 13.1. The molecule has 2 N–H and O–H groups in total. The van der Waals surface area contributed by atoms with Gasteiger partial charge in [0, 0.05) is 11.3 Å². The van der Waals surface area contributed by atoms with E-state index in [1.807, 2.05) is 0 Å². The summed E-state index contributed by atoms with van der Waals surface area (Å²) in [5.74, 6) is -0.824. The summed E-state index contributed by atoms with van der Waals surface area (Å²) in [6.07, 6.45) is -11.4. The number of aliphatic hydroxyl groups is 1. The number of nitrogens with zero attached hydrogens (tertiary/aromatic N) is 1. The second-order valence-corrected chi connectivity index (χ2v) is 11.4. The molecule has 0 saturated heterocycles. The van der Waals surface area contributed by atoms with Gasteiger partial charge in [0.1, 0.15) is 6.04 Å². The molecule has 1 atom stereocenters. The first-order chi connectivity index (χ1) is 18.0. The fourth-order valence-corrected chi connectivity index (χ4v) is 6.12. The smallest absolute Gasteiger partial charge is 0.430 e. The predicted octanol–water partition coefficient (Wildman–Crippen LogP) is 4.44. The topological polar surface area (TPSA) is 113 Å². The molecule has 15 heteroatoms. The zero-order valence-corrected chi connectivity index (χ0v) is 21.0.